The van der Waals surface area contributed by atoms with Crippen LogP contribution in [0.2, 0.25) is 0 Å². The summed E-state index contributed by atoms with van der Waals surface area (Å²) >= 11 is 0. The van der Waals surface area contributed by atoms with Gasteiger partial charge in [0.15, 0.2) is 0 Å². The Morgan fingerprint density at radius 1 is 1.26 bits per heavy atom. The number of carboxylic acid groups (broad SMARTS) is 1. The summed E-state index contributed by atoms with van der Waals surface area (Å²) < 4.78 is 0. The molecule has 1 rings (SSSR count). The van der Waals surface area contributed by atoms with Crippen LogP contribution < -0.4 is 5.32 Å². The number of aliphatic carboxylic acids is 1. The van der Waals surface area contributed by atoms with E-state index in [9.17, 15) is 9.59 Å². The average molecular weight is 271 g/mol. The van der Waals surface area contributed by atoms with Gasteiger partial charge < -0.3 is 15.5 Å². The van der Waals surface area contributed by atoms with Crippen LogP contribution in [0.15, 0.2) is 0 Å². The molecule has 1 fully saturated rings. The molecule has 0 heterocycles. The first-order valence-electron chi connectivity index (χ1n) is 6.67. The Balaban J connectivity index is 2.72. The lowest BCUT2D eigenvalue weighted by atomic mass is 9.84. The van der Waals surface area contributed by atoms with Crippen LogP contribution in [0, 0.1) is 22.7 Å². The minimum Gasteiger partial charge on any atom is -0.481 e. The van der Waals surface area contributed by atoms with E-state index in [4.69, 9.17) is 10.2 Å². The zero-order valence-electron chi connectivity index (χ0n) is 12.4. The van der Waals surface area contributed by atoms with E-state index in [-0.39, 0.29) is 24.0 Å². The summed E-state index contributed by atoms with van der Waals surface area (Å²) in [5, 5.41) is 21.0. The van der Waals surface area contributed by atoms with Crippen LogP contribution in [0.1, 0.15) is 41.0 Å². The van der Waals surface area contributed by atoms with Gasteiger partial charge in [0, 0.05) is 12.6 Å². The van der Waals surface area contributed by atoms with Crippen molar-refractivity contribution in [3.63, 3.8) is 0 Å². The number of hydrogen-bond acceptors (Lipinski definition) is 3. The summed E-state index contributed by atoms with van der Waals surface area (Å²) in [5.74, 6) is -2.22. The zero-order chi connectivity index (χ0) is 15.0. The monoisotopic (exact) mass is 271 g/mol. The lowest BCUT2D eigenvalue weighted by Gasteiger charge is -2.31. The van der Waals surface area contributed by atoms with Crippen molar-refractivity contribution in [3.05, 3.63) is 0 Å². The minimum absolute atomic E-state index is 0.00135. The molecule has 0 saturated heterocycles. The van der Waals surface area contributed by atoms with Crippen molar-refractivity contribution in [2.75, 3.05) is 6.61 Å². The maximum atomic E-state index is 12.2. The summed E-state index contributed by atoms with van der Waals surface area (Å²) in [6.07, 6.45) is 0.472. The first kappa shape index (κ1) is 16.0. The fraction of sp³-hybridized carbons (Fsp3) is 0.857. The maximum Gasteiger partial charge on any atom is 0.307 e. The highest BCUT2D eigenvalue weighted by Gasteiger charge is 2.66. The third-order valence-electron chi connectivity index (χ3n) is 4.16. The van der Waals surface area contributed by atoms with Gasteiger partial charge in [-0.1, -0.05) is 34.6 Å². The van der Waals surface area contributed by atoms with Gasteiger partial charge in [0.2, 0.25) is 5.91 Å². The number of aliphatic hydroxyl groups is 1. The number of carboxylic acids is 1. The van der Waals surface area contributed by atoms with E-state index in [1.165, 1.54) is 0 Å². The zero-order valence-corrected chi connectivity index (χ0v) is 12.4. The minimum atomic E-state index is -0.917. The topological polar surface area (TPSA) is 86.6 Å². The van der Waals surface area contributed by atoms with Crippen LogP contribution >= 0.6 is 0 Å². The van der Waals surface area contributed by atoms with E-state index in [0.717, 1.165) is 0 Å². The van der Waals surface area contributed by atoms with Crippen LogP contribution in [0.5, 0.6) is 0 Å². The van der Waals surface area contributed by atoms with Crippen molar-refractivity contribution < 1.29 is 19.8 Å². The van der Waals surface area contributed by atoms with Crippen molar-refractivity contribution in [2.24, 2.45) is 22.7 Å². The molecular formula is C14H25NO4. The molecule has 0 aliphatic heterocycles. The van der Waals surface area contributed by atoms with Gasteiger partial charge in [-0.05, 0) is 17.3 Å². The quantitative estimate of drug-likeness (QED) is 0.702. The first-order chi connectivity index (χ1) is 8.53. The second kappa shape index (κ2) is 5.12. The van der Waals surface area contributed by atoms with Gasteiger partial charge in [-0.2, -0.15) is 0 Å². The smallest absolute Gasteiger partial charge is 0.307 e. The molecule has 0 spiro atoms. The Hall–Kier alpha value is -1.10. The molecule has 5 nitrogen and oxygen atoms in total. The van der Waals surface area contributed by atoms with Crippen LogP contribution in [0.4, 0.5) is 0 Å². The summed E-state index contributed by atoms with van der Waals surface area (Å²) in [6.45, 7) is 9.56. The van der Waals surface area contributed by atoms with Gasteiger partial charge in [0.05, 0.1) is 11.8 Å². The number of carbonyl (C=O) groups excluding carboxylic acids is 1. The van der Waals surface area contributed by atoms with E-state index in [0.29, 0.717) is 6.42 Å². The summed E-state index contributed by atoms with van der Waals surface area (Å²) in [4.78, 5) is 23.3. The van der Waals surface area contributed by atoms with E-state index < -0.39 is 23.2 Å². The normalized spacial score (nSPS) is 26.6. The number of rotatable bonds is 5. The molecular weight excluding hydrogens is 246 g/mol. The molecule has 0 aromatic heterocycles. The molecule has 0 radical (unpaired) electrons. The van der Waals surface area contributed by atoms with Crippen molar-refractivity contribution in [1.29, 1.82) is 0 Å². The van der Waals surface area contributed by atoms with Crippen LogP contribution in [-0.4, -0.2) is 34.7 Å². The Morgan fingerprint density at radius 2 is 1.79 bits per heavy atom. The van der Waals surface area contributed by atoms with Gasteiger partial charge in [-0.3, -0.25) is 9.59 Å². The highest BCUT2D eigenvalue weighted by Crippen LogP contribution is 2.58. The van der Waals surface area contributed by atoms with E-state index >= 15 is 0 Å². The molecule has 1 amide bonds. The second-order valence-electron chi connectivity index (χ2n) is 7.05. The Labute approximate surface area is 114 Å². The third-order valence-corrected chi connectivity index (χ3v) is 4.16. The largest absolute Gasteiger partial charge is 0.481 e. The number of nitrogens with one attached hydrogen (secondary N) is 1. The lowest BCUT2D eigenvalue weighted by molar-refractivity contribution is -0.140. The van der Waals surface area contributed by atoms with Crippen LogP contribution in [-0.2, 0) is 9.59 Å². The lowest BCUT2D eigenvalue weighted by Crippen LogP contribution is -2.45. The third kappa shape index (κ3) is 3.26. The predicted octanol–water partition coefficient (Wildman–Crippen LogP) is 1.26. The average Bonchev–Trinajstić information content (AvgIpc) is 2.79. The number of hydrogen-bond donors (Lipinski definition) is 3. The summed E-state index contributed by atoms with van der Waals surface area (Å²) in [7, 11) is 0. The molecule has 1 unspecified atom stereocenters. The molecule has 1 saturated carbocycles. The fourth-order valence-corrected chi connectivity index (χ4v) is 2.70. The van der Waals surface area contributed by atoms with Gasteiger partial charge in [0.25, 0.3) is 0 Å². The second-order valence-corrected chi connectivity index (χ2v) is 7.05. The predicted molar refractivity (Wildman–Crippen MR) is 71.5 cm³/mol. The SMILES string of the molecule is CC(C)(C)C(CCO)NC(=O)[C@H]1[C@@H](C(=O)O)C1(C)C. The van der Waals surface area contributed by atoms with Crippen molar-refractivity contribution in [3.8, 4) is 0 Å². The molecule has 19 heavy (non-hydrogen) atoms. The fourth-order valence-electron chi connectivity index (χ4n) is 2.70. The summed E-state index contributed by atoms with van der Waals surface area (Å²) in [5.41, 5.74) is -0.659. The molecule has 0 aromatic carbocycles. The number of amides is 1. The highest BCUT2D eigenvalue weighted by molar-refractivity contribution is 5.91. The molecule has 110 valence electrons. The van der Waals surface area contributed by atoms with Gasteiger partial charge in [-0.15, -0.1) is 0 Å². The van der Waals surface area contributed by atoms with Crippen LogP contribution in [0.25, 0.3) is 0 Å². The van der Waals surface area contributed by atoms with E-state index in [1.807, 2.05) is 20.8 Å². The number of aliphatic hydroxyl groups excluding tert-OH is 1. The maximum absolute atomic E-state index is 12.2. The van der Waals surface area contributed by atoms with E-state index in [2.05, 4.69) is 5.32 Å². The van der Waals surface area contributed by atoms with Crippen molar-refractivity contribution in [2.45, 2.75) is 47.1 Å². The molecule has 3 N–H and O–H groups in total. The highest BCUT2D eigenvalue weighted by atomic mass is 16.4. The van der Waals surface area contributed by atoms with Gasteiger partial charge in [0.1, 0.15) is 0 Å². The van der Waals surface area contributed by atoms with Crippen molar-refractivity contribution in [1.82, 2.24) is 5.32 Å². The molecule has 5 heteroatoms. The Morgan fingerprint density at radius 3 is 2.11 bits per heavy atom. The van der Waals surface area contributed by atoms with Crippen molar-refractivity contribution >= 4 is 11.9 Å². The molecule has 1 aliphatic carbocycles. The number of carbonyl (C=O) groups is 2. The van der Waals surface area contributed by atoms with Gasteiger partial charge >= 0.3 is 5.97 Å². The standard InChI is InChI=1S/C14H25NO4/c1-13(2,3)8(6-7-16)15-11(17)9-10(12(18)19)14(9,4)5/h8-10,16H,6-7H2,1-5H3,(H,15,17)(H,18,19)/t8?,9-,10+/m1/s1. The molecule has 0 bridgehead atoms. The summed E-state index contributed by atoms with van der Waals surface area (Å²) in [6, 6.07) is -0.157. The van der Waals surface area contributed by atoms with E-state index in [1.54, 1.807) is 13.8 Å². The Bertz CT molecular complexity index is 370. The molecule has 1 aliphatic rings. The van der Waals surface area contributed by atoms with Gasteiger partial charge in [-0.25, -0.2) is 0 Å². The first-order valence-corrected chi connectivity index (χ1v) is 6.67. The molecule has 0 aromatic rings. The molecule has 3 atom stereocenters. The Kier molecular flexibility index (Phi) is 4.30. The van der Waals surface area contributed by atoms with Crippen LogP contribution in [0.3, 0.4) is 0 Å².